The van der Waals surface area contributed by atoms with Crippen LogP contribution in [0.5, 0.6) is 0 Å². The van der Waals surface area contributed by atoms with Gasteiger partial charge in [0.25, 0.3) is 0 Å². The summed E-state index contributed by atoms with van der Waals surface area (Å²) in [5.41, 5.74) is 24.1. The van der Waals surface area contributed by atoms with E-state index in [0.717, 1.165) is 51.4 Å². The van der Waals surface area contributed by atoms with Gasteiger partial charge in [-0.05, 0) is 129 Å². The Hall–Kier alpha value is -2.80. The number of hydrogen-bond donors (Lipinski definition) is 6. The summed E-state index contributed by atoms with van der Waals surface area (Å²) >= 11 is 0. The van der Waals surface area contributed by atoms with E-state index in [1.165, 1.54) is 116 Å². The molecule has 0 heterocycles. The van der Waals surface area contributed by atoms with E-state index < -0.39 is 12.1 Å². The fraction of sp³-hybridized carbons (Fsp3) is 0.857. The molecule has 0 aliphatic rings. The van der Waals surface area contributed by atoms with Crippen molar-refractivity contribution >= 4 is 23.6 Å². The highest BCUT2D eigenvalue weighted by Gasteiger charge is 2.22. The van der Waals surface area contributed by atoms with Crippen LogP contribution in [0, 0.1) is 0 Å². The third kappa shape index (κ3) is 42.1. The van der Waals surface area contributed by atoms with Crippen LogP contribution in [0.3, 0.4) is 0 Å². The standard InChI is InChI=1S/C56H110N8O4/c1-3-5-7-9-11-13-15-17-19-21-23-25-27-29-31-41-53(65)61-45-37-49-63(55(67)51(59)39-35-43-57)47-33-34-48-64(56(68)52(60)40-36-44-58)50-38-46-62-54(66)42-32-30-28-26-24-22-20-18-16-14-12-10-8-6-4-2/h17-20,51-52H,3-16,21-50,57-60H2,1-2H3,(H,61,65)(H,62,66)/b19-17-,20-18-/t51-,52-/m0/s1. The van der Waals surface area contributed by atoms with Crippen molar-refractivity contribution in [1.29, 1.82) is 0 Å². The van der Waals surface area contributed by atoms with Gasteiger partial charge in [0.05, 0.1) is 12.1 Å². The zero-order valence-electron chi connectivity index (χ0n) is 44.4. The molecule has 4 amide bonds. The predicted molar refractivity (Wildman–Crippen MR) is 289 cm³/mol. The van der Waals surface area contributed by atoms with Crippen LogP contribution >= 0.6 is 0 Å². The van der Waals surface area contributed by atoms with E-state index >= 15 is 0 Å². The molecule has 0 aromatic heterocycles. The number of carbonyl (C=O) groups excluding carboxylic acids is 4. The quantitative estimate of drug-likeness (QED) is 0.0255. The summed E-state index contributed by atoms with van der Waals surface area (Å²) in [4.78, 5) is 55.7. The minimum absolute atomic E-state index is 0.0626. The predicted octanol–water partition coefficient (Wildman–Crippen LogP) is 10.6. The molecule has 0 saturated carbocycles. The van der Waals surface area contributed by atoms with E-state index in [2.05, 4.69) is 48.8 Å². The topological polar surface area (TPSA) is 203 Å². The van der Waals surface area contributed by atoms with Gasteiger partial charge in [0, 0.05) is 52.1 Å². The molecule has 0 radical (unpaired) electrons. The number of allylic oxidation sites excluding steroid dienone is 4. The van der Waals surface area contributed by atoms with Crippen molar-refractivity contribution < 1.29 is 19.2 Å². The summed E-state index contributed by atoms with van der Waals surface area (Å²) in [7, 11) is 0. The van der Waals surface area contributed by atoms with Crippen LogP contribution in [0.2, 0.25) is 0 Å². The van der Waals surface area contributed by atoms with Gasteiger partial charge in [-0.3, -0.25) is 19.2 Å². The monoisotopic (exact) mass is 959 g/mol. The average molecular weight is 960 g/mol. The average Bonchev–Trinajstić information content (AvgIpc) is 3.34. The van der Waals surface area contributed by atoms with Crippen LogP contribution in [0.15, 0.2) is 24.3 Å². The lowest BCUT2D eigenvalue weighted by molar-refractivity contribution is -0.134. The van der Waals surface area contributed by atoms with Gasteiger partial charge < -0.3 is 43.4 Å². The molecule has 12 heteroatoms. The molecule has 0 unspecified atom stereocenters. The van der Waals surface area contributed by atoms with Crippen LogP contribution in [0.4, 0.5) is 0 Å². The number of rotatable bonds is 51. The normalized spacial score (nSPS) is 12.5. The highest BCUT2D eigenvalue weighted by atomic mass is 16.2. The van der Waals surface area contributed by atoms with Crippen LogP contribution in [0.1, 0.15) is 245 Å². The van der Waals surface area contributed by atoms with Gasteiger partial charge in [0.2, 0.25) is 23.6 Å². The maximum Gasteiger partial charge on any atom is 0.239 e. The van der Waals surface area contributed by atoms with Crippen molar-refractivity contribution in [2.45, 2.75) is 257 Å². The zero-order chi connectivity index (χ0) is 50.0. The van der Waals surface area contributed by atoms with Crippen LogP contribution in [-0.4, -0.2) is 97.9 Å². The number of unbranched alkanes of at least 4 members (excludes halogenated alkanes) is 23. The Morgan fingerprint density at radius 3 is 1.01 bits per heavy atom. The smallest absolute Gasteiger partial charge is 0.239 e. The lowest BCUT2D eigenvalue weighted by Gasteiger charge is -2.28. The Bertz CT molecular complexity index is 1140. The Balaban J connectivity index is 4.62. The van der Waals surface area contributed by atoms with Crippen molar-refractivity contribution in [3.05, 3.63) is 24.3 Å². The SMILES string of the molecule is CCCCCCCC/C=C\CCCCCCCC(=O)NCCCN(CCCCN(CCCNC(=O)CCCCCCC/C=C\CCCCCCCC)C(=O)[C@@H](N)CCCN)C(=O)[C@@H](N)CCCN. The molecule has 12 nitrogen and oxygen atoms in total. The van der Waals surface area contributed by atoms with Gasteiger partial charge in [-0.2, -0.15) is 0 Å². The highest BCUT2D eigenvalue weighted by molar-refractivity contribution is 5.82. The Morgan fingerprint density at radius 2 is 0.691 bits per heavy atom. The Kier molecular flexibility index (Phi) is 48.5. The molecule has 398 valence electrons. The molecule has 0 aliphatic carbocycles. The fourth-order valence-electron chi connectivity index (χ4n) is 8.55. The summed E-state index contributed by atoms with van der Waals surface area (Å²) in [5, 5.41) is 6.09. The maximum absolute atomic E-state index is 13.4. The molecule has 0 spiro atoms. The molecule has 0 aromatic carbocycles. The molecule has 68 heavy (non-hydrogen) atoms. The number of nitrogens with one attached hydrogen (secondary N) is 2. The van der Waals surface area contributed by atoms with E-state index in [1.54, 1.807) is 0 Å². The number of nitrogens with zero attached hydrogens (tertiary/aromatic N) is 2. The minimum atomic E-state index is -0.625. The number of carbonyl (C=O) groups is 4. The number of amides is 4. The molecule has 2 atom stereocenters. The minimum Gasteiger partial charge on any atom is -0.356 e. The number of nitrogens with two attached hydrogens (primary N) is 4. The van der Waals surface area contributed by atoms with Crippen molar-refractivity contribution in [3.8, 4) is 0 Å². The first kappa shape index (κ1) is 65.2. The van der Waals surface area contributed by atoms with Crippen molar-refractivity contribution in [3.63, 3.8) is 0 Å². The van der Waals surface area contributed by atoms with Crippen molar-refractivity contribution in [2.75, 3.05) is 52.4 Å². The van der Waals surface area contributed by atoms with Crippen molar-refractivity contribution in [1.82, 2.24) is 20.4 Å². The second kappa shape index (κ2) is 50.6. The van der Waals surface area contributed by atoms with E-state index in [4.69, 9.17) is 22.9 Å². The van der Waals surface area contributed by atoms with Crippen LogP contribution < -0.4 is 33.6 Å². The lowest BCUT2D eigenvalue weighted by atomic mass is 10.1. The summed E-state index contributed by atoms with van der Waals surface area (Å²) in [6.45, 7) is 8.47. The third-order valence-electron chi connectivity index (χ3n) is 13.0. The molecule has 0 aliphatic heterocycles. The van der Waals surface area contributed by atoms with Crippen LogP contribution in [0.25, 0.3) is 0 Å². The fourth-order valence-corrected chi connectivity index (χ4v) is 8.55. The molecule has 0 aromatic rings. The van der Waals surface area contributed by atoms with E-state index in [9.17, 15) is 19.2 Å². The van der Waals surface area contributed by atoms with Gasteiger partial charge in [-0.25, -0.2) is 0 Å². The second-order valence-corrected chi connectivity index (χ2v) is 19.5. The summed E-state index contributed by atoms with van der Waals surface area (Å²) in [6, 6.07) is -1.25. The first-order chi connectivity index (χ1) is 33.2. The largest absolute Gasteiger partial charge is 0.356 e. The van der Waals surface area contributed by atoms with E-state index in [1.807, 2.05) is 9.80 Å². The molecular formula is C56H110N8O4. The first-order valence-electron chi connectivity index (χ1n) is 28.5. The zero-order valence-corrected chi connectivity index (χ0v) is 44.4. The molecular weight excluding hydrogens is 849 g/mol. The summed E-state index contributed by atoms with van der Waals surface area (Å²) < 4.78 is 0. The van der Waals surface area contributed by atoms with Gasteiger partial charge in [0.15, 0.2) is 0 Å². The lowest BCUT2D eigenvalue weighted by Crippen LogP contribution is -2.46. The second-order valence-electron chi connectivity index (χ2n) is 19.5. The maximum atomic E-state index is 13.4. The van der Waals surface area contributed by atoms with Crippen LogP contribution in [-0.2, 0) is 19.2 Å². The summed E-state index contributed by atoms with van der Waals surface area (Å²) in [5.74, 6) is -0.0835. The van der Waals surface area contributed by atoms with E-state index in [0.29, 0.717) is 117 Å². The summed E-state index contributed by atoms with van der Waals surface area (Å²) in [6.07, 6.45) is 47.4. The van der Waals surface area contributed by atoms with Gasteiger partial charge >= 0.3 is 0 Å². The van der Waals surface area contributed by atoms with E-state index in [-0.39, 0.29) is 23.6 Å². The third-order valence-corrected chi connectivity index (χ3v) is 13.0. The molecule has 0 saturated heterocycles. The molecule has 0 bridgehead atoms. The molecule has 0 rings (SSSR count). The first-order valence-corrected chi connectivity index (χ1v) is 28.5. The van der Waals surface area contributed by atoms with Crippen molar-refractivity contribution in [2.24, 2.45) is 22.9 Å². The highest BCUT2D eigenvalue weighted by Crippen LogP contribution is 2.13. The van der Waals surface area contributed by atoms with Gasteiger partial charge in [-0.15, -0.1) is 0 Å². The van der Waals surface area contributed by atoms with Gasteiger partial charge in [-0.1, -0.05) is 141 Å². The Morgan fingerprint density at radius 1 is 0.397 bits per heavy atom. The number of hydrogen-bond acceptors (Lipinski definition) is 8. The molecule has 10 N–H and O–H groups in total. The Labute approximate surface area is 418 Å². The molecule has 0 fully saturated rings. The van der Waals surface area contributed by atoms with Gasteiger partial charge in [0.1, 0.15) is 0 Å².